The van der Waals surface area contributed by atoms with E-state index in [1.165, 1.54) is 96.3 Å². The van der Waals surface area contributed by atoms with Crippen molar-refractivity contribution in [3.05, 3.63) is 146 Å². The van der Waals surface area contributed by atoms with Crippen molar-refractivity contribution in [3.63, 3.8) is 0 Å². The smallest absolute Gasteiger partial charge is 0.220 e. The molecule has 12 N–H and O–H groups in total. The number of aliphatic hydroxyl groups excluding tert-OH is 11. The lowest BCUT2D eigenvalue weighted by Gasteiger charge is -2.48. The second kappa shape index (κ2) is 62.7. The average Bonchev–Trinajstić information content (AvgIpc) is 0.781. The quantitative estimate of drug-likeness (QED) is 0.0199. The summed E-state index contributed by atoms with van der Waals surface area (Å²) in [5, 5.41) is 121. The van der Waals surface area contributed by atoms with E-state index in [1.54, 1.807) is 6.08 Å². The number of hydrogen-bond donors (Lipinski definition) is 12. The topological polar surface area (TPSA) is 307 Å². The summed E-state index contributed by atoms with van der Waals surface area (Å²) in [5.74, 6) is -0.314. The minimum atomic E-state index is -1.99. The lowest BCUT2D eigenvalue weighted by atomic mass is 9.96. The van der Waals surface area contributed by atoms with Gasteiger partial charge >= 0.3 is 0 Å². The maximum Gasteiger partial charge on any atom is 0.220 e. The van der Waals surface area contributed by atoms with Crippen LogP contribution >= 0.6 is 0 Å². The highest BCUT2D eigenvalue weighted by atomic mass is 16.8. The highest BCUT2D eigenvalue weighted by Crippen LogP contribution is 2.33. The van der Waals surface area contributed by atoms with Crippen LogP contribution in [0.3, 0.4) is 0 Å². The summed E-state index contributed by atoms with van der Waals surface area (Å²) in [7, 11) is 0. The van der Waals surface area contributed by atoms with Crippen LogP contribution < -0.4 is 5.32 Å². The Labute approximate surface area is 619 Å². The fourth-order valence-electron chi connectivity index (χ4n) is 12.3. The first-order valence-electron chi connectivity index (χ1n) is 39.6. The van der Waals surface area contributed by atoms with Crippen molar-refractivity contribution in [1.82, 2.24) is 5.32 Å². The standard InChI is InChI=1S/C84H139NO18/c1-3-5-7-9-11-13-15-17-19-21-23-25-27-29-30-31-32-33-34-35-36-38-40-42-44-46-48-50-52-54-56-58-60-62-72(90)85-67(68(89)61-59-57-55-53-51-49-47-45-43-41-39-37-28-26-24-22-20-18-16-14-12-10-8-6-4-2)66-98-82-78(96)75(93)80(70(64-87)100-82)103-84-79(97)76(94)81(71(65-88)101-84)102-83-77(95)74(92)73(91)69(63-86)99-83/h5,7,11,13,17,19,23,25,29-30,32-33,35-36,40,42-43,45-46,48,51,53,59,61,67-71,73-84,86-89,91-97H,3-4,6,8-10,12,14-16,18,20-22,24,26-28,31,34,37-39,41,44,47,49-50,52,54-58,60,62-66H2,1-2H3,(H,85,90)/b7-5-,13-11-,19-17-,25-23-,30-29-,33-32-,36-35-,42-40-,45-43+,48-46-,53-51+,61-59+. The Kier molecular flexibility index (Phi) is 56.5. The highest BCUT2D eigenvalue weighted by Gasteiger charge is 2.53. The van der Waals surface area contributed by atoms with Crippen molar-refractivity contribution in [3.8, 4) is 0 Å². The van der Waals surface area contributed by atoms with Gasteiger partial charge in [0.15, 0.2) is 18.9 Å². The van der Waals surface area contributed by atoms with E-state index in [0.717, 1.165) is 116 Å². The van der Waals surface area contributed by atoms with Gasteiger partial charge in [0, 0.05) is 6.42 Å². The maximum atomic E-state index is 13.5. The van der Waals surface area contributed by atoms with E-state index in [1.807, 2.05) is 6.08 Å². The highest BCUT2D eigenvalue weighted by molar-refractivity contribution is 5.76. The van der Waals surface area contributed by atoms with Crippen molar-refractivity contribution in [2.24, 2.45) is 0 Å². The van der Waals surface area contributed by atoms with Gasteiger partial charge in [0.05, 0.1) is 38.6 Å². The van der Waals surface area contributed by atoms with Crippen LogP contribution in [-0.4, -0.2) is 193 Å². The molecular formula is C84H139NO18. The zero-order valence-corrected chi connectivity index (χ0v) is 62.7. The third-order valence-electron chi connectivity index (χ3n) is 18.6. The molecule has 17 atom stereocenters. The van der Waals surface area contributed by atoms with Crippen LogP contribution in [0, 0.1) is 0 Å². The molecule has 0 radical (unpaired) electrons. The number of aliphatic hydroxyl groups is 11. The van der Waals surface area contributed by atoms with E-state index < -0.39 is 124 Å². The molecule has 0 saturated carbocycles. The average molecular weight is 1450 g/mol. The van der Waals surface area contributed by atoms with Crippen molar-refractivity contribution in [2.75, 3.05) is 26.4 Å². The molecule has 0 aromatic carbocycles. The number of unbranched alkanes of at least 4 members (excludes halogenated alkanes) is 22. The Bertz CT molecular complexity index is 2430. The fourth-order valence-corrected chi connectivity index (χ4v) is 12.3. The lowest BCUT2D eigenvalue weighted by molar-refractivity contribution is -0.379. The molecule has 3 saturated heterocycles. The van der Waals surface area contributed by atoms with Crippen LogP contribution in [0.15, 0.2) is 146 Å². The summed E-state index contributed by atoms with van der Waals surface area (Å²) in [6.45, 7) is 1.58. The van der Waals surface area contributed by atoms with Gasteiger partial charge in [-0.25, -0.2) is 0 Å². The van der Waals surface area contributed by atoms with E-state index in [0.29, 0.717) is 12.8 Å². The molecule has 0 spiro atoms. The first kappa shape index (κ1) is 92.9. The number of rotatable bonds is 60. The summed E-state index contributed by atoms with van der Waals surface area (Å²) < 4.78 is 34.4. The number of hydrogen-bond acceptors (Lipinski definition) is 18. The third-order valence-corrected chi connectivity index (χ3v) is 18.6. The molecule has 0 aromatic rings. The number of ether oxygens (including phenoxy) is 6. The molecule has 103 heavy (non-hydrogen) atoms. The Balaban J connectivity index is 1.42. The van der Waals surface area contributed by atoms with Crippen LogP contribution in [0.5, 0.6) is 0 Å². The predicted molar refractivity (Wildman–Crippen MR) is 410 cm³/mol. The van der Waals surface area contributed by atoms with E-state index in [2.05, 4.69) is 153 Å². The molecule has 1 amide bonds. The van der Waals surface area contributed by atoms with Gasteiger partial charge in [-0.15, -0.1) is 0 Å². The van der Waals surface area contributed by atoms with Crippen LogP contribution in [0.25, 0.3) is 0 Å². The van der Waals surface area contributed by atoms with E-state index in [9.17, 15) is 61.0 Å². The first-order valence-corrected chi connectivity index (χ1v) is 39.6. The minimum Gasteiger partial charge on any atom is -0.394 e. The molecule has 19 nitrogen and oxygen atoms in total. The number of allylic oxidation sites excluding steroid dienone is 23. The molecule has 3 rings (SSSR count). The van der Waals surface area contributed by atoms with Crippen molar-refractivity contribution >= 4 is 5.91 Å². The second-order valence-corrected chi connectivity index (χ2v) is 27.4. The fraction of sp³-hybridized carbons (Fsp3) is 0.702. The third kappa shape index (κ3) is 42.7. The van der Waals surface area contributed by atoms with Gasteiger partial charge in [-0.2, -0.15) is 0 Å². The molecule has 0 aromatic heterocycles. The monoisotopic (exact) mass is 1450 g/mol. The van der Waals surface area contributed by atoms with Gasteiger partial charge in [-0.1, -0.05) is 269 Å². The minimum absolute atomic E-state index is 0.199. The summed E-state index contributed by atoms with van der Waals surface area (Å²) in [4.78, 5) is 13.5. The Morgan fingerprint density at radius 2 is 0.680 bits per heavy atom. The van der Waals surface area contributed by atoms with Crippen LogP contribution in [-0.2, 0) is 33.2 Å². The molecular weight excluding hydrogens is 1310 g/mol. The molecule has 3 heterocycles. The molecule has 0 bridgehead atoms. The Hall–Kier alpha value is -4.33. The molecule has 3 fully saturated rings. The molecule has 3 aliphatic heterocycles. The van der Waals surface area contributed by atoms with E-state index >= 15 is 0 Å². The van der Waals surface area contributed by atoms with Crippen molar-refractivity contribution in [2.45, 2.75) is 349 Å². The molecule has 17 unspecified atom stereocenters. The summed E-state index contributed by atoms with van der Waals surface area (Å²) in [5.41, 5.74) is 0. The van der Waals surface area contributed by atoms with E-state index in [4.69, 9.17) is 28.4 Å². The normalized spacial score (nSPS) is 26.9. The first-order chi connectivity index (χ1) is 50.3. The van der Waals surface area contributed by atoms with Gasteiger partial charge in [0.25, 0.3) is 0 Å². The SMILES string of the molecule is CC/C=C\C/C=C\C/C=C\C/C=C\C/C=C\C/C=C\C/C=C\C/C=C\C/C=C\CCCCCCCC(=O)NC(COC1OC(CO)C(OC2OC(CO)C(OC3OC(CO)C(O)C(O)C3O)C(O)C2O)C(O)C1O)C(O)/C=C/CC/C=C/CC/C=C/CCCCCCCCCCCCCCCCC. The zero-order valence-electron chi connectivity index (χ0n) is 62.7. The lowest BCUT2D eigenvalue weighted by Crippen LogP contribution is -2.66. The second-order valence-electron chi connectivity index (χ2n) is 27.4. The van der Waals surface area contributed by atoms with Gasteiger partial charge in [-0.3, -0.25) is 4.79 Å². The van der Waals surface area contributed by atoms with Gasteiger partial charge in [-0.05, 0) is 116 Å². The van der Waals surface area contributed by atoms with Gasteiger partial charge in [0.2, 0.25) is 5.91 Å². The molecule has 19 heteroatoms. The van der Waals surface area contributed by atoms with Gasteiger partial charge < -0.3 is 89.9 Å². The van der Waals surface area contributed by atoms with Crippen molar-refractivity contribution < 1.29 is 89.4 Å². The Morgan fingerprint density at radius 1 is 0.359 bits per heavy atom. The zero-order chi connectivity index (χ0) is 74.6. The summed E-state index contributed by atoms with van der Waals surface area (Å²) >= 11 is 0. The number of nitrogens with one attached hydrogen (secondary N) is 1. The molecule has 0 aliphatic carbocycles. The van der Waals surface area contributed by atoms with E-state index in [-0.39, 0.29) is 18.9 Å². The van der Waals surface area contributed by atoms with Crippen LogP contribution in [0.1, 0.15) is 245 Å². The van der Waals surface area contributed by atoms with Crippen LogP contribution in [0.2, 0.25) is 0 Å². The number of carbonyl (C=O) groups excluding carboxylic acids is 1. The summed E-state index contributed by atoms with van der Waals surface area (Å²) in [6.07, 6.45) is 63.9. The van der Waals surface area contributed by atoms with Crippen LogP contribution in [0.4, 0.5) is 0 Å². The molecule has 588 valence electrons. The number of amides is 1. The predicted octanol–water partition coefficient (Wildman–Crippen LogP) is 13.1. The van der Waals surface area contributed by atoms with Crippen molar-refractivity contribution in [1.29, 1.82) is 0 Å². The van der Waals surface area contributed by atoms with Gasteiger partial charge in [0.1, 0.15) is 73.2 Å². The summed E-state index contributed by atoms with van der Waals surface area (Å²) in [6, 6.07) is -1.02. The Morgan fingerprint density at radius 3 is 1.09 bits per heavy atom. The largest absolute Gasteiger partial charge is 0.394 e. The maximum absolute atomic E-state index is 13.5. The molecule has 3 aliphatic rings. The number of carbonyl (C=O) groups is 1.